The molecule has 3 atom stereocenters. The molecule has 4 N–H and O–H groups in total. The lowest BCUT2D eigenvalue weighted by atomic mass is 10.0. The van der Waals surface area contributed by atoms with Gasteiger partial charge in [-0.15, -0.1) is 11.3 Å². The maximum atomic E-state index is 12.9. The fourth-order valence-electron chi connectivity index (χ4n) is 3.92. The van der Waals surface area contributed by atoms with Crippen LogP contribution in [-0.4, -0.2) is 57.7 Å². The number of fused-ring (bicyclic) bond motifs is 2. The van der Waals surface area contributed by atoms with Crippen LogP contribution in [-0.2, 0) is 11.2 Å². The summed E-state index contributed by atoms with van der Waals surface area (Å²) < 4.78 is 1.23. The van der Waals surface area contributed by atoms with Gasteiger partial charge in [-0.2, -0.15) is 0 Å². The van der Waals surface area contributed by atoms with Gasteiger partial charge in [-0.25, -0.2) is 0 Å². The second kappa shape index (κ2) is 8.20. The SMILES string of the molecule is CN(C(=O)[C@H](O)CO)[C@H]1c2ccccc2C[C@H]1NC(=O)c1cc2sc(Cl)c(Cl)c2[nH]1. The molecule has 4 rings (SSSR count). The maximum Gasteiger partial charge on any atom is 0.268 e. The normalized spacial score (nSPS) is 19.0. The first-order valence-electron chi connectivity index (χ1n) is 9.22. The number of aromatic nitrogens is 1. The van der Waals surface area contributed by atoms with Gasteiger partial charge in [0.25, 0.3) is 11.8 Å². The number of nitrogens with one attached hydrogen (secondary N) is 2. The van der Waals surface area contributed by atoms with Crippen LogP contribution in [0.5, 0.6) is 0 Å². The van der Waals surface area contributed by atoms with Gasteiger partial charge >= 0.3 is 0 Å². The summed E-state index contributed by atoms with van der Waals surface area (Å²) in [6.45, 7) is -0.670. The van der Waals surface area contributed by atoms with Crippen LogP contribution < -0.4 is 5.32 Å². The van der Waals surface area contributed by atoms with E-state index in [1.165, 1.54) is 16.2 Å². The second-order valence-electron chi connectivity index (χ2n) is 7.19. The molecule has 1 aromatic carbocycles. The van der Waals surface area contributed by atoms with E-state index < -0.39 is 30.7 Å². The Balaban J connectivity index is 1.61. The molecule has 0 bridgehead atoms. The first-order valence-corrected chi connectivity index (χ1v) is 10.8. The van der Waals surface area contributed by atoms with Crippen LogP contribution in [0.3, 0.4) is 0 Å². The van der Waals surface area contributed by atoms with Crippen molar-refractivity contribution in [3.05, 3.63) is 56.5 Å². The highest BCUT2D eigenvalue weighted by molar-refractivity contribution is 7.23. The first kappa shape index (κ1) is 21.1. The number of H-pyrrole nitrogens is 1. The van der Waals surface area contributed by atoms with Crippen molar-refractivity contribution in [2.24, 2.45) is 0 Å². The molecule has 30 heavy (non-hydrogen) atoms. The standard InChI is InChI=1S/C20H19Cl2N3O4S/c1-25(20(29)13(27)8-26)17-10-5-3-2-4-9(10)6-11(17)24-19(28)12-7-14-16(23-12)15(21)18(22)30-14/h2-5,7,11,13,17,23,26-27H,6,8H2,1H3,(H,24,28)/t11-,13-,17+/m1/s1. The van der Waals surface area contributed by atoms with Gasteiger partial charge < -0.3 is 25.4 Å². The number of aromatic amines is 1. The zero-order chi connectivity index (χ0) is 21.6. The monoisotopic (exact) mass is 467 g/mol. The molecule has 10 heteroatoms. The summed E-state index contributed by atoms with van der Waals surface area (Å²) >= 11 is 13.5. The van der Waals surface area contributed by atoms with Crippen molar-refractivity contribution in [1.29, 1.82) is 0 Å². The number of carbonyl (C=O) groups excluding carboxylic acids is 2. The third-order valence-electron chi connectivity index (χ3n) is 5.35. The topological polar surface area (TPSA) is 106 Å². The number of rotatable bonds is 5. The predicted octanol–water partition coefficient (Wildman–Crippen LogP) is 2.74. The quantitative estimate of drug-likeness (QED) is 0.462. The summed E-state index contributed by atoms with van der Waals surface area (Å²) in [4.78, 5) is 29.8. The third kappa shape index (κ3) is 3.59. The molecule has 158 valence electrons. The molecule has 0 saturated heterocycles. The number of aliphatic hydroxyl groups is 2. The van der Waals surface area contributed by atoms with E-state index in [0.29, 0.717) is 27.0 Å². The van der Waals surface area contributed by atoms with Crippen LogP contribution in [0, 0.1) is 0 Å². The Morgan fingerprint density at radius 3 is 2.80 bits per heavy atom. The molecule has 2 amide bonds. The molecule has 0 radical (unpaired) electrons. The van der Waals surface area contributed by atoms with Crippen molar-refractivity contribution < 1.29 is 19.8 Å². The Labute approximate surface area is 186 Å². The Hall–Kier alpha value is -2.10. The summed E-state index contributed by atoms with van der Waals surface area (Å²) in [5, 5.41) is 22.3. The van der Waals surface area contributed by atoms with Crippen molar-refractivity contribution in [2.75, 3.05) is 13.7 Å². The van der Waals surface area contributed by atoms with Crippen molar-refractivity contribution in [1.82, 2.24) is 15.2 Å². The molecule has 1 aliphatic carbocycles. The molecule has 3 aromatic rings. The van der Waals surface area contributed by atoms with Gasteiger partial charge in [0, 0.05) is 7.05 Å². The Kier molecular flexibility index (Phi) is 5.78. The highest BCUT2D eigenvalue weighted by Crippen LogP contribution is 2.39. The summed E-state index contributed by atoms with van der Waals surface area (Å²) in [6, 6.07) is 8.41. The van der Waals surface area contributed by atoms with E-state index in [0.717, 1.165) is 15.8 Å². The molecule has 0 saturated carbocycles. The first-order chi connectivity index (χ1) is 14.3. The average molecular weight is 468 g/mol. The van der Waals surface area contributed by atoms with Gasteiger partial charge in [0.2, 0.25) is 0 Å². The van der Waals surface area contributed by atoms with Crippen LogP contribution in [0.15, 0.2) is 30.3 Å². The lowest BCUT2D eigenvalue weighted by Crippen LogP contribution is -2.48. The van der Waals surface area contributed by atoms with E-state index in [1.807, 2.05) is 24.3 Å². The number of hydrogen-bond donors (Lipinski definition) is 4. The fraction of sp³-hybridized carbons (Fsp3) is 0.300. The highest BCUT2D eigenvalue weighted by atomic mass is 35.5. The number of thiophene rings is 1. The zero-order valence-electron chi connectivity index (χ0n) is 15.9. The zero-order valence-corrected chi connectivity index (χ0v) is 18.2. The number of carbonyl (C=O) groups is 2. The Morgan fingerprint density at radius 1 is 1.37 bits per heavy atom. The smallest absolute Gasteiger partial charge is 0.268 e. The van der Waals surface area contributed by atoms with E-state index in [-0.39, 0.29) is 5.91 Å². The van der Waals surface area contributed by atoms with Crippen molar-refractivity contribution in [2.45, 2.75) is 24.6 Å². The third-order valence-corrected chi connectivity index (χ3v) is 7.28. The summed E-state index contributed by atoms with van der Waals surface area (Å²) in [6.07, 6.45) is -0.984. The lowest BCUT2D eigenvalue weighted by Gasteiger charge is -2.32. The van der Waals surface area contributed by atoms with Crippen LogP contribution in [0.25, 0.3) is 10.2 Å². The number of hydrogen-bond acceptors (Lipinski definition) is 5. The van der Waals surface area contributed by atoms with E-state index in [1.54, 1.807) is 13.1 Å². The summed E-state index contributed by atoms with van der Waals surface area (Å²) in [7, 11) is 1.56. The highest BCUT2D eigenvalue weighted by Gasteiger charge is 2.39. The summed E-state index contributed by atoms with van der Waals surface area (Å²) in [5.74, 6) is -0.947. The molecular weight excluding hydrogens is 449 g/mol. The predicted molar refractivity (Wildman–Crippen MR) is 116 cm³/mol. The van der Waals surface area contributed by atoms with E-state index in [2.05, 4.69) is 10.3 Å². The number of halogens is 2. The van der Waals surface area contributed by atoms with Gasteiger partial charge in [0.05, 0.1) is 33.9 Å². The van der Waals surface area contributed by atoms with Crippen molar-refractivity contribution >= 4 is 56.6 Å². The van der Waals surface area contributed by atoms with Crippen LogP contribution in [0.2, 0.25) is 9.36 Å². The molecular formula is C20H19Cl2N3O4S. The Morgan fingerprint density at radius 2 is 2.10 bits per heavy atom. The minimum absolute atomic E-state index is 0.336. The van der Waals surface area contributed by atoms with Gasteiger partial charge in [-0.1, -0.05) is 47.5 Å². The molecule has 7 nitrogen and oxygen atoms in total. The van der Waals surface area contributed by atoms with Crippen LogP contribution >= 0.6 is 34.5 Å². The largest absolute Gasteiger partial charge is 0.393 e. The van der Waals surface area contributed by atoms with Crippen molar-refractivity contribution in [3.63, 3.8) is 0 Å². The number of nitrogens with zero attached hydrogens (tertiary/aromatic N) is 1. The molecule has 0 spiro atoms. The van der Waals surface area contributed by atoms with Crippen LogP contribution in [0.1, 0.15) is 27.7 Å². The molecule has 2 aromatic heterocycles. The Bertz CT molecular complexity index is 1130. The molecule has 0 fully saturated rings. The molecule has 0 aliphatic heterocycles. The molecule has 1 aliphatic rings. The maximum absolute atomic E-state index is 12.9. The second-order valence-corrected chi connectivity index (χ2v) is 9.22. The van der Waals surface area contributed by atoms with Gasteiger partial charge in [0.1, 0.15) is 10.0 Å². The van der Waals surface area contributed by atoms with E-state index in [4.69, 9.17) is 28.3 Å². The van der Waals surface area contributed by atoms with E-state index in [9.17, 15) is 14.7 Å². The number of aliphatic hydroxyl groups excluding tert-OH is 2. The summed E-state index contributed by atoms with van der Waals surface area (Å²) in [5.41, 5.74) is 2.86. The number of benzene rings is 1. The molecule has 2 heterocycles. The van der Waals surface area contributed by atoms with Crippen LogP contribution in [0.4, 0.5) is 0 Å². The van der Waals surface area contributed by atoms with Gasteiger partial charge in [-0.3, -0.25) is 9.59 Å². The van der Waals surface area contributed by atoms with Gasteiger partial charge in [0.15, 0.2) is 6.10 Å². The van der Waals surface area contributed by atoms with Crippen molar-refractivity contribution in [3.8, 4) is 0 Å². The minimum atomic E-state index is -1.51. The minimum Gasteiger partial charge on any atom is -0.393 e. The fourth-order valence-corrected chi connectivity index (χ4v) is 5.40. The number of amides is 2. The number of likely N-dealkylation sites (N-methyl/N-ethyl adjacent to an activating group) is 1. The average Bonchev–Trinajstić information content (AvgIpc) is 3.39. The lowest BCUT2D eigenvalue weighted by molar-refractivity contribution is -0.143. The van der Waals surface area contributed by atoms with Gasteiger partial charge in [-0.05, 0) is 23.6 Å². The molecule has 0 unspecified atom stereocenters. The van der Waals surface area contributed by atoms with E-state index >= 15 is 0 Å².